The van der Waals surface area contributed by atoms with Gasteiger partial charge >= 0.3 is 0 Å². The second kappa shape index (κ2) is 8.08. The van der Waals surface area contributed by atoms with Crippen molar-refractivity contribution in [3.05, 3.63) is 0 Å². The van der Waals surface area contributed by atoms with E-state index in [0.717, 1.165) is 26.2 Å². The lowest BCUT2D eigenvalue weighted by molar-refractivity contribution is 0.148. The first-order valence-corrected chi connectivity index (χ1v) is 6.49. The van der Waals surface area contributed by atoms with Gasteiger partial charge in [0.15, 0.2) is 0 Å². The van der Waals surface area contributed by atoms with E-state index in [1.165, 1.54) is 32.2 Å². The van der Waals surface area contributed by atoms with E-state index in [2.05, 4.69) is 29.4 Å². The van der Waals surface area contributed by atoms with Gasteiger partial charge in [-0.2, -0.15) is 0 Å². The molecule has 0 saturated carbocycles. The Morgan fingerprint density at radius 2 is 2.13 bits per heavy atom. The number of hydrogen-bond acceptors (Lipinski definition) is 2. The summed E-state index contributed by atoms with van der Waals surface area (Å²) in [6.45, 7) is 9.93. The standard InChI is InChI=1S/C12H26N3/c1-3-5-6-7-10-15(4-2)12-11-13-8-9-14-12/h12-13H,3-11H2,1-2H3. The lowest BCUT2D eigenvalue weighted by Crippen LogP contribution is -2.53. The Labute approximate surface area is 94.6 Å². The summed E-state index contributed by atoms with van der Waals surface area (Å²) >= 11 is 0. The smallest absolute Gasteiger partial charge is 0.0887 e. The maximum absolute atomic E-state index is 4.66. The van der Waals surface area contributed by atoms with Gasteiger partial charge in [-0.1, -0.05) is 33.1 Å². The summed E-state index contributed by atoms with van der Waals surface area (Å²) in [5, 5.41) is 8.08. The minimum atomic E-state index is 0.436. The van der Waals surface area contributed by atoms with Gasteiger partial charge in [-0.3, -0.25) is 4.90 Å². The number of likely N-dealkylation sites (N-methyl/N-ethyl adjacent to an activating group) is 1. The lowest BCUT2D eigenvalue weighted by Gasteiger charge is -2.33. The van der Waals surface area contributed by atoms with Gasteiger partial charge in [0.05, 0.1) is 6.17 Å². The van der Waals surface area contributed by atoms with Crippen molar-refractivity contribution in [3.8, 4) is 0 Å². The first-order chi connectivity index (χ1) is 7.38. The molecule has 89 valence electrons. The van der Waals surface area contributed by atoms with Gasteiger partial charge in [-0.15, -0.1) is 0 Å². The third kappa shape index (κ3) is 4.96. The van der Waals surface area contributed by atoms with Crippen LogP contribution >= 0.6 is 0 Å². The average molecular weight is 212 g/mol. The molecule has 1 aliphatic heterocycles. The zero-order valence-corrected chi connectivity index (χ0v) is 10.3. The van der Waals surface area contributed by atoms with E-state index in [1.807, 2.05) is 0 Å². The van der Waals surface area contributed by atoms with Crippen molar-refractivity contribution >= 4 is 0 Å². The molecule has 0 amide bonds. The number of nitrogens with one attached hydrogen (secondary N) is 1. The summed E-state index contributed by atoms with van der Waals surface area (Å²) in [5.74, 6) is 0. The van der Waals surface area contributed by atoms with Crippen LogP contribution < -0.4 is 10.6 Å². The van der Waals surface area contributed by atoms with Gasteiger partial charge in [-0.25, -0.2) is 5.32 Å². The minimum absolute atomic E-state index is 0.436. The highest BCUT2D eigenvalue weighted by atomic mass is 15.3. The second-order valence-electron chi connectivity index (χ2n) is 4.28. The molecule has 1 atom stereocenters. The molecule has 1 rings (SSSR count). The van der Waals surface area contributed by atoms with Gasteiger partial charge in [0.1, 0.15) is 0 Å². The van der Waals surface area contributed by atoms with Gasteiger partial charge in [0, 0.05) is 19.6 Å². The Bertz CT molecular complexity index is 144. The number of nitrogens with zero attached hydrogens (tertiary/aromatic N) is 2. The van der Waals surface area contributed by atoms with Crippen molar-refractivity contribution in [3.63, 3.8) is 0 Å². The van der Waals surface area contributed by atoms with Gasteiger partial charge in [0.2, 0.25) is 0 Å². The Morgan fingerprint density at radius 1 is 1.27 bits per heavy atom. The van der Waals surface area contributed by atoms with Crippen molar-refractivity contribution in [2.24, 2.45) is 0 Å². The summed E-state index contributed by atoms with van der Waals surface area (Å²) in [4.78, 5) is 2.50. The fraction of sp³-hybridized carbons (Fsp3) is 1.00. The molecule has 0 aliphatic carbocycles. The van der Waals surface area contributed by atoms with Crippen LogP contribution in [0.25, 0.3) is 0 Å². The maximum Gasteiger partial charge on any atom is 0.0887 e. The van der Waals surface area contributed by atoms with Crippen LogP contribution in [0.2, 0.25) is 0 Å². The van der Waals surface area contributed by atoms with Crippen molar-refractivity contribution in [1.82, 2.24) is 15.5 Å². The van der Waals surface area contributed by atoms with E-state index < -0.39 is 0 Å². The molecule has 0 bridgehead atoms. The summed E-state index contributed by atoms with van der Waals surface area (Å²) in [6, 6.07) is 0. The molecule has 1 unspecified atom stereocenters. The molecular formula is C12H26N3. The molecular weight excluding hydrogens is 186 g/mol. The van der Waals surface area contributed by atoms with Crippen LogP contribution in [0.5, 0.6) is 0 Å². The molecule has 1 heterocycles. The Morgan fingerprint density at radius 3 is 2.73 bits per heavy atom. The van der Waals surface area contributed by atoms with E-state index in [0.29, 0.717) is 6.17 Å². The fourth-order valence-electron chi connectivity index (χ4n) is 2.09. The highest BCUT2D eigenvalue weighted by Crippen LogP contribution is 2.05. The molecule has 3 heteroatoms. The Balaban J connectivity index is 2.15. The summed E-state index contributed by atoms with van der Waals surface area (Å²) in [6.07, 6.45) is 5.82. The van der Waals surface area contributed by atoms with Crippen LogP contribution in [0.1, 0.15) is 39.5 Å². The van der Waals surface area contributed by atoms with Crippen molar-refractivity contribution in [1.29, 1.82) is 0 Å². The summed E-state index contributed by atoms with van der Waals surface area (Å²) < 4.78 is 0. The topological polar surface area (TPSA) is 29.4 Å². The van der Waals surface area contributed by atoms with Crippen molar-refractivity contribution < 1.29 is 0 Å². The van der Waals surface area contributed by atoms with Crippen molar-refractivity contribution in [2.45, 2.75) is 45.7 Å². The van der Waals surface area contributed by atoms with E-state index in [1.54, 1.807) is 0 Å². The predicted molar refractivity (Wildman–Crippen MR) is 65.0 cm³/mol. The Kier molecular flexibility index (Phi) is 6.98. The number of unbranched alkanes of at least 4 members (excludes halogenated alkanes) is 3. The van der Waals surface area contributed by atoms with Crippen LogP contribution in [0.15, 0.2) is 0 Å². The number of hydrogen-bond donors (Lipinski definition) is 1. The molecule has 0 spiro atoms. The largest absolute Gasteiger partial charge is 0.312 e. The molecule has 0 aromatic carbocycles. The monoisotopic (exact) mass is 212 g/mol. The SMILES string of the molecule is CCCCCCN(CC)C1CNCC[N]1. The zero-order chi connectivity index (χ0) is 10.9. The summed E-state index contributed by atoms with van der Waals surface area (Å²) in [5.41, 5.74) is 0. The third-order valence-electron chi connectivity index (χ3n) is 3.08. The molecule has 1 fully saturated rings. The van der Waals surface area contributed by atoms with E-state index in [4.69, 9.17) is 0 Å². The number of rotatable bonds is 7. The summed E-state index contributed by atoms with van der Waals surface area (Å²) in [7, 11) is 0. The first kappa shape index (κ1) is 12.9. The Hall–Kier alpha value is -0.120. The molecule has 0 aromatic heterocycles. The lowest BCUT2D eigenvalue weighted by atomic mass is 10.2. The van der Waals surface area contributed by atoms with Crippen LogP contribution in [0.3, 0.4) is 0 Å². The average Bonchev–Trinajstić information content (AvgIpc) is 2.30. The number of piperazine rings is 1. The molecule has 1 radical (unpaired) electrons. The molecule has 0 aromatic rings. The molecule has 1 N–H and O–H groups in total. The van der Waals surface area contributed by atoms with Gasteiger partial charge in [-0.05, 0) is 19.5 Å². The third-order valence-corrected chi connectivity index (χ3v) is 3.08. The zero-order valence-electron chi connectivity index (χ0n) is 10.3. The molecule has 1 aliphatic rings. The molecule has 3 nitrogen and oxygen atoms in total. The van der Waals surface area contributed by atoms with Crippen molar-refractivity contribution in [2.75, 3.05) is 32.7 Å². The van der Waals surface area contributed by atoms with Crippen LogP contribution in [-0.4, -0.2) is 43.8 Å². The van der Waals surface area contributed by atoms with Crippen LogP contribution in [0.4, 0.5) is 0 Å². The second-order valence-corrected chi connectivity index (χ2v) is 4.28. The van der Waals surface area contributed by atoms with Gasteiger partial charge in [0.25, 0.3) is 0 Å². The molecule has 15 heavy (non-hydrogen) atoms. The minimum Gasteiger partial charge on any atom is -0.312 e. The highest BCUT2D eigenvalue weighted by molar-refractivity contribution is 4.75. The van der Waals surface area contributed by atoms with E-state index in [9.17, 15) is 0 Å². The maximum atomic E-state index is 4.66. The quantitative estimate of drug-likeness (QED) is 0.647. The highest BCUT2D eigenvalue weighted by Gasteiger charge is 2.19. The fourth-order valence-corrected chi connectivity index (χ4v) is 2.09. The van der Waals surface area contributed by atoms with Gasteiger partial charge < -0.3 is 5.32 Å². The van der Waals surface area contributed by atoms with Crippen LogP contribution in [-0.2, 0) is 0 Å². The van der Waals surface area contributed by atoms with E-state index in [-0.39, 0.29) is 0 Å². The normalized spacial score (nSPS) is 22.2. The predicted octanol–water partition coefficient (Wildman–Crippen LogP) is 1.42. The van der Waals surface area contributed by atoms with E-state index >= 15 is 0 Å². The first-order valence-electron chi connectivity index (χ1n) is 6.49. The van der Waals surface area contributed by atoms with Crippen LogP contribution in [0, 0.1) is 0 Å². The molecule has 1 saturated heterocycles.